The number of nitrogens with zero attached hydrogens (tertiary/aromatic N) is 1. The predicted octanol–water partition coefficient (Wildman–Crippen LogP) is 3.53. The molecule has 1 aliphatic rings. The molecule has 1 aromatic carbocycles. The maximum absolute atomic E-state index is 12.5. The molecule has 1 atom stereocenters. The number of pyridine rings is 1. The van der Waals surface area contributed by atoms with Gasteiger partial charge in [-0.15, -0.1) is 0 Å². The van der Waals surface area contributed by atoms with Crippen molar-refractivity contribution in [3.8, 4) is 5.75 Å². The monoisotopic (exact) mass is 267 g/mol. The Labute approximate surface area is 118 Å². The number of aryl methyl sites for hydroxylation is 1. The summed E-state index contributed by atoms with van der Waals surface area (Å²) in [6, 6.07) is 9.88. The lowest BCUT2D eigenvalue weighted by Crippen LogP contribution is -2.17. The van der Waals surface area contributed by atoms with Gasteiger partial charge in [0.2, 0.25) is 0 Å². The van der Waals surface area contributed by atoms with E-state index in [9.17, 15) is 4.79 Å². The van der Waals surface area contributed by atoms with Crippen LogP contribution < -0.4 is 4.74 Å². The highest BCUT2D eigenvalue weighted by molar-refractivity contribution is 5.97. The van der Waals surface area contributed by atoms with E-state index in [2.05, 4.69) is 11.1 Å². The van der Waals surface area contributed by atoms with Crippen LogP contribution in [0.3, 0.4) is 0 Å². The highest BCUT2D eigenvalue weighted by Gasteiger charge is 2.24. The number of hydrogen-bond donors (Lipinski definition) is 0. The summed E-state index contributed by atoms with van der Waals surface area (Å²) in [5, 5.41) is 0. The molecule has 0 saturated carbocycles. The molecule has 0 bridgehead atoms. The third-order valence-electron chi connectivity index (χ3n) is 3.85. The summed E-state index contributed by atoms with van der Waals surface area (Å²) in [5.74, 6) is 1.32. The zero-order chi connectivity index (χ0) is 13.9. The average Bonchev–Trinajstić information content (AvgIpc) is 2.48. The van der Waals surface area contributed by atoms with E-state index in [1.54, 1.807) is 12.4 Å². The van der Waals surface area contributed by atoms with Gasteiger partial charge in [0.25, 0.3) is 0 Å². The summed E-state index contributed by atoms with van der Waals surface area (Å²) in [4.78, 5) is 16.5. The van der Waals surface area contributed by atoms with Gasteiger partial charge >= 0.3 is 0 Å². The SMILES string of the molecule is Cc1ccncc1C(=O)CC1CCOc2ccccc21. The van der Waals surface area contributed by atoms with Crippen molar-refractivity contribution in [1.29, 1.82) is 0 Å². The molecule has 1 unspecified atom stereocenters. The summed E-state index contributed by atoms with van der Waals surface area (Å²) >= 11 is 0. The van der Waals surface area contributed by atoms with Gasteiger partial charge in [0.1, 0.15) is 5.75 Å². The minimum Gasteiger partial charge on any atom is -0.493 e. The van der Waals surface area contributed by atoms with Crippen LogP contribution in [0.15, 0.2) is 42.7 Å². The smallest absolute Gasteiger partial charge is 0.165 e. The molecule has 0 fully saturated rings. The van der Waals surface area contributed by atoms with Crippen molar-refractivity contribution in [2.24, 2.45) is 0 Å². The number of ketones is 1. The number of ether oxygens (including phenoxy) is 1. The van der Waals surface area contributed by atoms with Crippen LogP contribution in [0.1, 0.15) is 40.2 Å². The van der Waals surface area contributed by atoms with E-state index >= 15 is 0 Å². The minimum atomic E-state index is 0.164. The van der Waals surface area contributed by atoms with Crippen LogP contribution in [0.4, 0.5) is 0 Å². The Morgan fingerprint density at radius 3 is 3.05 bits per heavy atom. The van der Waals surface area contributed by atoms with Crippen LogP contribution >= 0.6 is 0 Å². The van der Waals surface area contributed by atoms with Gasteiger partial charge in [0.15, 0.2) is 5.78 Å². The van der Waals surface area contributed by atoms with E-state index in [4.69, 9.17) is 4.74 Å². The molecule has 3 heteroatoms. The van der Waals surface area contributed by atoms with E-state index < -0.39 is 0 Å². The molecule has 1 aromatic heterocycles. The summed E-state index contributed by atoms with van der Waals surface area (Å²) in [5.41, 5.74) is 2.87. The molecule has 0 radical (unpaired) electrons. The van der Waals surface area contributed by atoms with Crippen LogP contribution in [0.2, 0.25) is 0 Å². The van der Waals surface area contributed by atoms with Gasteiger partial charge in [-0.2, -0.15) is 0 Å². The van der Waals surface area contributed by atoms with Gasteiger partial charge in [0, 0.05) is 24.4 Å². The number of aromatic nitrogens is 1. The normalized spacial score (nSPS) is 17.1. The molecule has 2 heterocycles. The van der Waals surface area contributed by atoms with Crippen molar-refractivity contribution in [2.75, 3.05) is 6.61 Å². The lowest BCUT2D eigenvalue weighted by atomic mass is 9.87. The molecule has 0 amide bonds. The second kappa shape index (κ2) is 5.45. The van der Waals surface area contributed by atoms with E-state index in [-0.39, 0.29) is 11.7 Å². The molecule has 1 aliphatic heterocycles. The second-order valence-corrected chi connectivity index (χ2v) is 5.19. The van der Waals surface area contributed by atoms with Crippen molar-refractivity contribution >= 4 is 5.78 Å². The summed E-state index contributed by atoms with van der Waals surface area (Å²) < 4.78 is 5.64. The number of carbonyl (C=O) groups excluding carboxylic acids is 1. The summed E-state index contributed by atoms with van der Waals surface area (Å²) in [7, 11) is 0. The first-order chi connectivity index (χ1) is 9.75. The van der Waals surface area contributed by atoms with Crippen LogP contribution in [0.25, 0.3) is 0 Å². The van der Waals surface area contributed by atoms with E-state index in [0.717, 1.165) is 28.9 Å². The van der Waals surface area contributed by atoms with Crippen molar-refractivity contribution in [3.63, 3.8) is 0 Å². The standard InChI is InChI=1S/C17H17NO2/c1-12-6-8-18-11-15(12)16(19)10-13-7-9-20-17-5-3-2-4-14(13)17/h2-6,8,11,13H,7,9-10H2,1H3. The van der Waals surface area contributed by atoms with Crippen LogP contribution in [-0.4, -0.2) is 17.4 Å². The maximum atomic E-state index is 12.5. The van der Waals surface area contributed by atoms with Gasteiger partial charge in [-0.3, -0.25) is 9.78 Å². The molecule has 102 valence electrons. The molecule has 2 aromatic rings. The highest BCUT2D eigenvalue weighted by Crippen LogP contribution is 2.36. The number of benzene rings is 1. The third kappa shape index (κ3) is 2.44. The van der Waals surface area contributed by atoms with Gasteiger partial charge < -0.3 is 4.74 Å². The lowest BCUT2D eigenvalue weighted by molar-refractivity contribution is 0.0965. The largest absolute Gasteiger partial charge is 0.493 e. The molecule has 0 N–H and O–H groups in total. The lowest BCUT2D eigenvalue weighted by Gasteiger charge is -2.25. The molecular weight excluding hydrogens is 250 g/mol. The van der Waals surface area contributed by atoms with Crippen LogP contribution in [0.5, 0.6) is 5.75 Å². The van der Waals surface area contributed by atoms with Gasteiger partial charge in [-0.25, -0.2) is 0 Å². The fourth-order valence-corrected chi connectivity index (χ4v) is 2.72. The molecule has 3 rings (SSSR count). The average molecular weight is 267 g/mol. The number of Topliss-reactive ketones (excluding diaryl/α,β-unsaturated/α-hetero) is 1. The molecule has 0 saturated heterocycles. The van der Waals surface area contributed by atoms with E-state index in [1.807, 2.05) is 31.2 Å². The Hall–Kier alpha value is -2.16. The molecule has 0 spiro atoms. The first kappa shape index (κ1) is 12.9. The van der Waals surface area contributed by atoms with Gasteiger partial charge in [-0.05, 0) is 42.5 Å². The maximum Gasteiger partial charge on any atom is 0.165 e. The molecule has 3 nitrogen and oxygen atoms in total. The molecule has 20 heavy (non-hydrogen) atoms. The number of para-hydroxylation sites is 1. The quantitative estimate of drug-likeness (QED) is 0.799. The van der Waals surface area contributed by atoms with E-state index in [1.165, 1.54) is 0 Å². The Morgan fingerprint density at radius 2 is 2.20 bits per heavy atom. The zero-order valence-electron chi connectivity index (χ0n) is 11.5. The van der Waals surface area contributed by atoms with E-state index in [0.29, 0.717) is 13.0 Å². The van der Waals surface area contributed by atoms with Gasteiger partial charge in [-0.1, -0.05) is 18.2 Å². The number of fused-ring (bicyclic) bond motifs is 1. The van der Waals surface area contributed by atoms with Crippen LogP contribution in [-0.2, 0) is 0 Å². The van der Waals surface area contributed by atoms with Crippen molar-refractivity contribution in [2.45, 2.75) is 25.7 Å². The fraction of sp³-hybridized carbons (Fsp3) is 0.294. The van der Waals surface area contributed by atoms with Crippen molar-refractivity contribution in [1.82, 2.24) is 4.98 Å². The first-order valence-electron chi connectivity index (χ1n) is 6.91. The van der Waals surface area contributed by atoms with Crippen molar-refractivity contribution in [3.05, 3.63) is 59.4 Å². The predicted molar refractivity (Wildman–Crippen MR) is 77.2 cm³/mol. The van der Waals surface area contributed by atoms with Gasteiger partial charge in [0.05, 0.1) is 6.61 Å². The van der Waals surface area contributed by atoms with Crippen LogP contribution in [0, 0.1) is 6.92 Å². The number of hydrogen-bond acceptors (Lipinski definition) is 3. The second-order valence-electron chi connectivity index (χ2n) is 5.19. The third-order valence-corrected chi connectivity index (χ3v) is 3.85. The summed E-state index contributed by atoms with van der Waals surface area (Å²) in [6.45, 7) is 2.63. The Morgan fingerprint density at radius 1 is 1.35 bits per heavy atom. The number of rotatable bonds is 3. The zero-order valence-corrected chi connectivity index (χ0v) is 11.5. The Bertz CT molecular complexity index is 636. The topological polar surface area (TPSA) is 39.2 Å². The van der Waals surface area contributed by atoms with Crippen molar-refractivity contribution < 1.29 is 9.53 Å². The highest BCUT2D eigenvalue weighted by atomic mass is 16.5. The Balaban J connectivity index is 1.83. The molecule has 0 aliphatic carbocycles. The first-order valence-corrected chi connectivity index (χ1v) is 6.91. The fourth-order valence-electron chi connectivity index (χ4n) is 2.72. The Kier molecular flexibility index (Phi) is 3.50. The summed E-state index contributed by atoms with van der Waals surface area (Å²) in [6.07, 6.45) is 4.80. The molecular formula is C17H17NO2. The number of carbonyl (C=O) groups is 1. The minimum absolute atomic E-state index is 0.164.